The molecule has 1 N–H and O–H groups in total. The van der Waals surface area contributed by atoms with E-state index in [-0.39, 0.29) is 5.82 Å². The number of nitrogens with zero attached hydrogens (tertiary/aromatic N) is 3. The second-order valence-electron chi connectivity index (χ2n) is 5.39. The van der Waals surface area contributed by atoms with Gasteiger partial charge in [-0.15, -0.1) is 0 Å². The number of aromatic nitrogens is 3. The molecule has 2 aromatic heterocycles. The van der Waals surface area contributed by atoms with E-state index in [2.05, 4.69) is 19.9 Å². The largest absolute Gasteiger partial charge is 0.496 e. The molecule has 0 aliphatic rings. The van der Waals surface area contributed by atoms with Crippen LogP contribution >= 0.6 is 0 Å². The van der Waals surface area contributed by atoms with Crippen molar-refractivity contribution in [1.29, 1.82) is 0 Å². The lowest BCUT2D eigenvalue weighted by Gasteiger charge is -2.11. The molecular formula is C17H19FN4O. The molecule has 0 aliphatic heterocycles. The SMILES string of the molecule is COc1cc(F)cc2c1cc(C)n2CCNc1ccnc(C)n1. The van der Waals surface area contributed by atoms with E-state index >= 15 is 0 Å². The summed E-state index contributed by atoms with van der Waals surface area (Å²) in [6, 6.07) is 6.80. The molecule has 0 unspecified atom stereocenters. The van der Waals surface area contributed by atoms with Gasteiger partial charge in [-0.1, -0.05) is 0 Å². The van der Waals surface area contributed by atoms with Gasteiger partial charge in [0.15, 0.2) is 0 Å². The molecule has 1 aromatic carbocycles. The van der Waals surface area contributed by atoms with Crippen LogP contribution in [0.25, 0.3) is 10.9 Å². The first-order valence-electron chi connectivity index (χ1n) is 7.45. The van der Waals surface area contributed by atoms with Crippen molar-refractivity contribution < 1.29 is 9.13 Å². The predicted octanol–water partition coefficient (Wildman–Crippen LogP) is 3.31. The minimum Gasteiger partial charge on any atom is -0.496 e. The molecule has 0 amide bonds. The van der Waals surface area contributed by atoms with Crippen LogP contribution in [-0.2, 0) is 6.54 Å². The van der Waals surface area contributed by atoms with Gasteiger partial charge in [0.2, 0.25) is 0 Å². The number of hydrogen-bond acceptors (Lipinski definition) is 4. The number of anilines is 1. The van der Waals surface area contributed by atoms with Gasteiger partial charge in [0, 0.05) is 36.4 Å². The van der Waals surface area contributed by atoms with E-state index in [0.29, 0.717) is 18.8 Å². The Morgan fingerprint density at radius 3 is 2.83 bits per heavy atom. The molecule has 0 saturated heterocycles. The molecule has 3 rings (SSSR count). The number of ether oxygens (including phenoxy) is 1. The molecule has 23 heavy (non-hydrogen) atoms. The van der Waals surface area contributed by atoms with Crippen LogP contribution in [0.15, 0.2) is 30.5 Å². The zero-order valence-electron chi connectivity index (χ0n) is 13.4. The Hall–Kier alpha value is -2.63. The summed E-state index contributed by atoms with van der Waals surface area (Å²) in [4.78, 5) is 8.38. The Kier molecular flexibility index (Phi) is 4.14. The van der Waals surface area contributed by atoms with Crippen molar-refractivity contribution in [2.45, 2.75) is 20.4 Å². The van der Waals surface area contributed by atoms with Gasteiger partial charge in [-0.2, -0.15) is 0 Å². The number of benzene rings is 1. The highest BCUT2D eigenvalue weighted by molar-refractivity contribution is 5.87. The second kappa shape index (κ2) is 6.24. The Morgan fingerprint density at radius 2 is 2.09 bits per heavy atom. The van der Waals surface area contributed by atoms with Gasteiger partial charge in [0.05, 0.1) is 12.6 Å². The maximum absolute atomic E-state index is 13.8. The maximum atomic E-state index is 13.8. The molecule has 2 heterocycles. The Labute approximate surface area is 134 Å². The van der Waals surface area contributed by atoms with E-state index in [9.17, 15) is 4.39 Å². The van der Waals surface area contributed by atoms with Crippen molar-refractivity contribution in [2.24, 2.45) is 0 Å². The van der Waals surface area contributed by atoms with Crippen LogP contribution in [-0.4, -0.2) is 28.2 Å². The molecule has 0 bridgehead atoms. The van der Waals surface area contributed by atoms with Crippen molar-refractivity contribution in [3.05, 3.63) is 47.8 Å². The van der Waals surface area contributed by atoms with Gasteiger partial charge in [-0.25, -0.2) is 14.4 Å². The van der Waals surface area contributed by atoms with Crippen LogP contribution in [0, 0.1) is 19.7 Å². The molecule has 6 heteroatoms. The summed E-state index contributed by atoms with van der Waals surface area (Å²) in [5.41, 5.74) is 1.89. The van der Waals surface area contributed by atoms with Crippen LogP contribution in [0.5, 0.6) is 5.75 Å². The van der Waals surface area contributed by atoms with Gasteiger partial charge in [-0.05, 0) is 32.0 Å². The third kappa shape index (κ3) is 3.11. The monoisotopic (exact) mass is 314 g/mol. The zero-order valence-corrected chi connectivity index (χ0v) is 13.4. The van der Waals surface area contributed by atoms with Crippen molar-refractivity contribution in [1.82, 2.24) is 14.5 Å². The summed E-state index contributed by atoms with van der Waals surface area (Å²) in [7, 11) is 1.56. The lowest BCUT2D eigenvalue weighted by atomic mass is 10.2. The fourth-order valence-corrected chi connectivity index (χ4v) is 2.74. The van der Waals surface area contributed by atoms with Crippen LogP contribution in [0.3, 0.4) is 0 Å². The van der Waals surface area contributed by atoms with Gasteiger partial charge >= 0.3 is 0 Å². The predicted molar refractivity (Wildman–Crippen MR) is 88.4 cm³/mol. The molecule has 0 aliphatic carbocycles. The van der Waals surface area contributed by atoms with Crippen LogP contribution in [0.1, 0.15) is 11.5 Å². The molecular weight excluding hydrogens is 295 g/mol. The van der Waals surface area contributed by atoms with Crippen LogP contribution in [0.4, 0.5) is 10.2 Å². The summed E-state index contributed by atoms with van der Waals surface area (Å²) in [6.07, 6.45) is 1.72. The van der Waals surface area contributed by atoms with E-state index in [1.54, 1.807) is 19.4 Å². The molecule has 0 radical (unpaired) electrons. The highest BCUT2D eigenvalue weighted by Crippen LogP contribution is 2.29. The zero-order chi connectivity index (χ0) is 16.4. The standard InChI is InChI=1S/C17H19FN4O/c1-11-8-14-15(9-13(18)10-16(14)23-3)22(11)7-6-20-17-4-5-19-12(2)21-17/h4-5,8-10H,6-7H2,1-3H3,(H,19,20,21). The number of hydrogen-bond donors (Lipinski definition) is 1. The number of aryl methyl sites for hydroxylation is 2. The molecule has 5 nitrogen and oxygen atoms in total. The minimum absolute atomic E-state index is 0.298. The summed E-state index contributed by atoms with van der Waals surface area (Å²) in [5, 5.41) is 4.18. The minimum atomic E-state index is -0.298. The molecule has 0 atom stereocenters. The van der Waals surface area contributed by atoms with Crippen molar-refractivity contribution in [3.8, 4) is 5.75 Å². The summed E-state index contributed by atoms with van der Waals surface area (Å²) >= 11 is 0. The summed E-state index contributed by atoms with van der Waals surface area (Å²) in [5.74, 6) is 1.77. The van der Waals surface area contributed by atoms with Gasteiger partial charge in [-0.3, -0.25) is 0 Å². The smallest absolute Gasteiger partial charge is 0.131 e. The second-order valence-corrected chi connectivity index (χ2v) is 5.39. The quantitative estimate of drug-likeness (QED) is 0.785. The maximum Gasteiger partial charge on any atom is 0.131 e. The van der Waals surface area contributed by atoms with Crippen LogP contribution in [0.2, 0.25) is 0 Å². The van der Waals surface area contributed by atoms with Gasteiger partial charge in [0.25, 0.3) is 0 Å². The first-order chi connectivity index (χ1) is 11.1. The molecule has 0 saturated carbocycles. The van der Waals surface area contributed by atoms with E-state index in [0.717, 1.165) is 28.2 Å². The Balaban J connectivity index is 1.82. The molecule has 120 valence electrons. The highest BCUT2D eigenvalue weighted by Gasteiger charge is 2.12. The average molecular weight is 314 g/mol. The van der Waals surface area contributed by atoms with E-state index in [4.69, 9.17) is 4.74 Å². The third-order valence-corrected chi connectivity index (χ3v) is 3.79. The number of fused-ring (bicyclic) bond motifs is 1. The Bertz CT molecular complexity index is 844. The topological polar surface area (TPSA) is 52.0 Å². The summed E-state index contributed by atoms with van der Waals surface area (Å²) in [6.45, 7) is 5.24. The fourth-order valence-electron chi connectivity index (χ4n) is 2.74. The number of nitrogens with one attached hydrogen (secondary N) is 1. The van der Waals surface area contributed by atoms with Gasteiger partial charge in [0.1, 0.15) is 23.2 Å². The summed E-state index contributed by atoms with van der Waals surface area (Å²) < 4.78 is 21.1. The first-order valence-corrected chi connectivity index (χ1v) is 7.45. The average Bonchev–Trinajstić information content (AvgIpc) is 2.83. The lowest BCUT2D eigenvalue weighted by molar-refractivity contribution is 0.416. The number of rotatable bonds is 5. The van der Waals surface area contributed by atoms with E-state index in [1.807, 2.05) is 26.0 Å². The normalized spacial score (nSPS) is 11.0. The van der Waals surface area contributed by atoms with E-state index in [1.165, 1.54) is 6.07 Å². The Morgan fingerprint density at radius 1 is 1.26 bits per heavy atom. The van der Waals surface area contributed by atoms with Crippen molar-refractivity contribution >= 4 is 16.7 Å². The number of methoxy groups -OCH3 is 1. The van der Waals surface area contributed by atoms with Crippen molar-refractivity contribution in [2.75, 3.05) is 19.0 Å². The fraction of sp³-hybridized carbons (Fsp3) is 0.294. The highest BCUT2D eigenvalue weighted by atomic mass is 19.1. The number of halogens is 1. The van der Waals surface area contributed by atoms with Gasteiger partial charge < -0.3 is 14.6 Å². The third-order valence-electron chi connectivity index (χ3n) is 3.79. The molecule has 3 aromatic rings. The van der Waals surface area contributed by atoms with E-state index < -0.39 is 0 Å². The molecule has 0 fully saturated rings. The first kappa shape index (κ1) is 15.3. The van der Waals surface area contributed by atoms with Crippen LogP contribution < -0.4 is 10.1 Å². The molecule has 0 spiro atoms. The lowest BCUT2D eigenvalue weighted by Crippen LogP contribution is -2.12. The van der Waals surface area contributed by atoms with Crippen molar-refractivity contribution in [3.63, 3.8) is 0 Å².